The van der Waals surface area contributed by atoms with Crippen LogP contribution in [0.3, 0.4) is 0 Å². The van der Waals surface area contributed by atoms with Crippen molar-refractivity contribution >= 4 is 33.3 Å². The van der Waals surface area contributed by atoms with E-state index in [1.54, 1.807) is 23.1 Å². The normalized spacial score (nSPS) is 12.6. The highest BCUT2D eigenvalue weighted by atomic mass is 32.2. The van der Waals surface area contributed by atoms with Gasteiger partial charge >= 0.3 is 0 Å². The molecule has 0 aliphatic carbocycles. The molecule has 4 rings (SSSR count). The van der Waals surface area contributed by atoms with Gasteiger partial charge in [0.2, 0.25) is 0 Å². The molecule has 4 aromatic rings. The van der Waals surface area contributed by atoms with Gasteiger partial charge in [-0.05, 0) is 46.2 Å². The zero-order chi connectivity index (χ0) is 20.7. The summed E-state index contributed by atoms with van der Waals surface area (Å²) >= 11 is 3.12. The van der Waals surface area contributed by atoms with E-state index in [2.05, 4.69) is 51.8 Å². The van der Waals surface area contributed by atoms with Crippen LogP contribution in [0.25, 0.3) is 21.6 Å². The minimum Gasteiger partial charge on any atom is -0.309 e. The maximum Gasteiger partial charge on any atom is 0.259 e. The first kappa shape index (κ1) is 19.8. The molecule has 0 aliphatic rings. The number of aromatic nitrogens is 5. The molecular weight excluding hydrogens is 402 g/mol. The van der Waals surface area contributed by atoms with Gasteiger partial charge in [-0.3, -0.25) is 4.79 Å². The van der Waals surface area contributed by atoms with Gasteiger partial charge in [-0.25, -0.2) is 4.98 Å². The Morgan fingerprint density at radius 1 is 1.24 bits per heavy atom. The molecule has 0 saturated heterocycles. The minimum atomic E-state index is -0.0725. The summed E-state index contributed by atoms with van der Waals surface area (Å²) in [6.45, 7) is 10.9. The summed E-state index contributed by atoms with van der Waals surface area (Å²) in [5.74, 6) is 1.52. The highest BCUT2D eigenvalue weighted by molar-refractivity contribution is 7.99. The Morgan fingerprint density at radius 3 is 2.76 bits per heavy atom. The van der Waals surface area contributed by atoms with Crippen LogP contribution in [0.4, 0.5) is 0 Å². The quantitative estimate of drug-likeness (QED) is 0.453. The van der Waals surface area contributed by atoms with Crippen LogP contribution in [0.5, 0.6) is 0 Å². The fourth-order valence-electron chi connectivity index (χ4n) is 3.34. The number of thiophene rings is 1. The molecule has 0 aliphatic heterocycles. The summed E-state index contributed by atoms with van der Waals surface area (Å²) in [5.41, 5.74) is 3.18. The van der Waals surface area contributed by atoms with Crippen molar-refractivity contribution in [1.29, 1.82) is 0 Å². The van der Waals surface area contributed by atoms with E-state index in [4.69, 9.17) is 4.98 Å². The SMILES string of the molecule is CCn1c(SC(C)c2nc3sc(C)c(C)c3c(=O)[nH]2)nnc1-c1cccc(C)c1. The number of benzene rings is 1. The molecular formula is C21H23N5OS2. The Balaban J connectivity index is 1.68. The van der Waals surface area contributed by atoms with Gasteiger partial charge in [0.05, 0.1) is 10.6 Å². The van der Waals surface area contributed by atoms with Crippen LogP contribution in [0.15, 0.2) is 34.2 Å². The first-order valence-corrected chi connectivity index (χ1v) is 11.3. The molecule has 0 radical (unpaired) electrons. The van der Waals surface area contributed by atoms with Crippen molar-refractivity contribution in [3.8, 4) is 11.4 Å². The molecule has 0 spiro atoms. The minimum absolute atomic E-state index is 0.0605. The monoisotopic (exact) mass is 425 g/mol. The molecule has 29 heavy (non-hydrogen) atoms. The first-order chi connectivity index (χ1) is 13.9. The van der Waals surface area contributed by atoms with E-state index in [0.29, 0.717) is 11.2 Å². The third-order valence-corrected chi connectivity index (χ3v) is 7.22. The van der Waals surface area contributed by atoms with Gasteiger partial charge in [0.15, 0.2) is 11.0 Å². The second kappa shape index (κ2) is 7.76. The predicted octanol–water partition coefficient (Wildman–Crippen LogP) is 5.04. The van der Waals surface area contributed by atoms with Crippen LogP contribution in [0, 0.1) is 20.8 Å². The lowest BCUT2D eigenvalue weighted by molar-refractivity contribution is 0.685. The average Bonchev–Trinajstić information content (AvgIpc) is 3.22. The molecule has 1 atom stereocenters. The van der Waals surface area contributed by atoms with E-state index in [9.17, 15) is 4.79 Å². The maximum absolute atomic E-state index is 12.6. The van der Waals surface area contributed by atoms with Crippen molar-refractivity contribution in [1.82, 2.24) is 24.7 Å². The van der Waals surface area contributed by atoms with E-state index in [1.165, 1.54) is 5.56 Å². The highest BCUT2D eigenvalue weighted by Gasteiger charge is 2.20. The number of aryl methyl sites for hydroxylation is 3. The van der Waals surface area contributed by atoms with Crippen molar-refractivity contribution in [2.45, 2.75) is 51.6 Å². The van der Waals surface area contributed by atoms with Crippen molar-refractivity contribution in [2.75, 3.05) is 0 Å². The van der Waals surface area contributed by atoms with Gasteiger partial charge in [-0.1, -0.05) is 35.5 Å². The van der Waals surface area contributed by atoms with Gasteiger partial charge in [-0.2, -0.15) is 0 Å². The predicted molar refractivity (Wildman–Crippen MR) is 120 cm³/mol. The Hall–Kier alpha value is -2.45. The number of hydrogen-bond donors (Lipinski definition) is 1. The smallest absolute Gasteiger partial charge is 0.259 e. The van der Waals surface area contributed by atoms with Crippen molar-refractivity contribution < 1.29 is 0 Å². The van der Waals surface area contributed by atoms with Crippen LogP contribution in [0.1, 0.15) is 40.9 Å². The molecule has 1 aromatic carbocycles. The van der Waals surface area contributed by atoms with Gasteiger partial charge < -0.3 is 9.55 Å². The number of hydrogen-bond acceptors (Lipinski definition) is 6. The summed E-state index contributed by atoms with van der Waals surface area (Å²) in [6.07, 6.45) is 0. The highest BCUT2D eigenvalue weighted by Crippen LogP contribution is 2.35. The molecule has 1 unspecified atom stereocenters. The van der Waals surface area contributed by atoms with Gasteiger partial charge in [0.25, 0.3) is 5.56 Å². The molecule has 6 nitrogen and oxygen atoms in total. The van der Waals surface area contributed by atoms with Gasteiger partial charge in [0.1, 0.15) is 10.7 Å². The molecule has 0 saturated carbocycles. The number of nitrogens with one attached hydrogen (secondary N) is 1. The summed E-state index contributed by atoms with van der Waals surface area (Å²) in [5, 5.41) is 10.3. The van der Waals surface area contributed by atoms with Crippen LogP contribution in [-0.4, -0.2) is 24.7 Å². The van der Waals surface area contributed by atoms with Gasteiger partial charge in [-0.15, -0.1) is 21.5 Å². The van der Waals surface area contributed by atoms with E-state index >= 15 is 0 Å². The van der Waals surface area contributed by atoms with Crippen molar-refractivity contribution in [3.05, 3.63) is 56.4 Å². The standard InChI is InChI=1S/C21H23N5OS2/c1-6-26-18(15-9-7-8-11(2)10-15)24-25-21(26)29-14(5)17-22-19(27)16-12(3)13(4)28-20(16)23-17/h7-10,14H,6H2,1-5H3,(H,22,23,27). The summed E-state index contributed by atoms with van der Waals surface area (Å²) in [6, 6.07) is 8.27. The Morgan fingerprint density at radius 2 is 2.03 bits per heavy atom. The van der Waals surface area contributed by atoms with E-state index in [1.807, 2.05) is 26.8 Å². The third-order valence-electron chi connectivity index (χ3n) is 5.03. The van der Waals surface area contributed by atoms with Crippen LogP contribution in [0.2, 0.25) is 0 Å². The number of fused-ring (bicyclic) bond motifs is 1. The summed E-state index contributed by atoms with van der Waals surface area (Å²) in [4.78, 5) is 22.2. The lowest BCUT2D eigenvalue weighted by Gasteiger charge is -2.12. The number of aromatic amines is 1. The largest absolute Gasteiger partial charge is 0.309 e. The fourth-order valence-corrected chi connectivity index (χ4v) is 5.34. The molecule has 3 aromatic heterocycles. The molecule has 3 heterocycles. The lowest BCUT2D eigenvalue weighted by atomic mass is 10.1. The van der Waals surface area contributed by atoms with E-state index < -0.39 is 0 Å². The van der Waals surface area contributed by atoms with Crippen molar-refractivity contribution in [3.63, 3.8) is 0 Å². The van der Waals surface area contributed by atoms with E-state index in [-0.39, 0.29) is 10.8 Å². The molecule has 0 bridgehead atoms. The second-order valence-corrected chi connectivity index (χ2v) is 9.61. The zero-order valence-electron chi connectivity index (χ0n) is 17.1. The number of rotatable bonds is 5. The Kier molecular flexibility index (Phi) is 5.31. The Labute approximate surface area is 177 Å². The van der Waals surface area contributed by atoms with Crippen LogP contribution >= 0.6 is 23.1 Å². The molecule has 0 fully saturated rings. The fraction of sp³-hybridized carbons (Fsp3) is 0.333. The lowest BCUT2D eigenvalue weighted by Crippen LogP contribution is -2.12. The summed E-state index contributed by atoms with van der Waals surface area (Å²) < 4.78 is 2.10. The molecule has 8 heteroatoms. The first-order valence-electron chi connectivity index (χ1n) is 9.55. The van der Waals surface area contributed by atoms with Gasteiger partial charge in [0, 0.05) is 17.0 Å². The Bertz CT molecular complexity index is 1250. The molecule has 150 valence electrons. The third kappa shape index (κ3) is 3.62. The number of thioether (sulfide) groups is 1. The maximum atomic E-state index is 12.6. The van der Waals surface area contributed by atoms with Crippen LogP contribution < -0.4 is 5.56 Å². The topological polar surface area (TPSA) is 76.5 Å². The van der Waals surface area contributed by atoms with Crippen LogP contribution in [-0.2, 0) is 6.54 Å². The second-order valence-electron chi connectivity index (χ2n) is 7.09. The van der Waals surface area contributed by atoms with E-state index in [0.717, 1.165) is 38.4 Å². The van der Waals surface area contributed by atoms with Crippen molar-refractivity contribution in [2.24, 2.45) is 0 Å². The molecule has 1 N–H and O–H groups in total. The molecule has 0 amide bonds. The average molecular weight is 426 g/mol. The number of H-pyrrole nitrogens is 1. The number of nitrogens with zero attached hydrogens (tertiary/aromatic N) is 4. The summed E-state index contributed by atoms with van der Waals surface area (Å²) in [7, 11) is 0. The zero-order valence-corrected chi connectivity index (χ0v) is 18.7.